The third-order valence-corrected chi connectivity index (χ3v) is 4.85. The summed E-state index contributed by atoms with van der Waals surface area (Å²) in [4.78, 5) is 16.5. The van der Waals surface area contributed by atoms with Crippen LogP contribution in [0, 0.1) is 0 Å². The number of anilines is 1. The molecule has 3 rings (SSSR count). The summed E-state index contributed by atoms with van der Waals surface area (Å²) in [7, 11) is 0. The summed E-state index contributed by atoms with van der Waals surface area (Å²) in [6, 6.07) is 8.37. The highest BCUT2D eigenvalue weighted by atomic mass is 35.5. The van der Waals surface area contributed by atoms with E-state index in [1.807, 2.05) is 5.38 Å². The first kappa shape index (κ1) is 19.8. The van der Waals surface area contributed by atoms with Gasteiger partial charge in [0.05, 0.1) is 18.3 Å². The van der Waals surface area contributed by atoms with Crippen molar-refractivity contribution in [3.8, 4) is 11.3 Å². The fourth-order valence-electron chi connectivity index (χ4n) is 2.69. The second-order valence-electron chi connectivity index (χ2n) is 5.90. The Bertz CT molecular complexity index is 669. The summed E-state index contributed by atoms with van der Waals surface area (Å²) in [5, 5.41) is 8.58. The normalized spacial score (nSPS) is 16.4. The summed E-state index contributed by atoms with van der Waals surface area (Å²) >= 11 is 1.45. The number of nitrogens with zero attached hydrogens (tertiary/aromatic N) is 1. The van der Waals surface area contributed by atoms with Crippen molar-refractivity contribution in [3.05, 3.63) is 35.2 Å². The molecule has 136 valence electrons. The number of carbonyl (C=O) groups excluding carboxylic acids is 1. The molecule has 7 heteroatoms. The predicted octanol–water partition coefficient (Wildman–Crippen LogP) is 3.50. The Labute approximate surface area is 158 Å². The number of halogens is 1. The molecule has 1 unspecified atom stereocenters. The van der Waals surface area contributed by atoms with Crippen molar-refractivity contribution in [3.63, 3.8) is 0 Å². The number of carbonyl (C=O) groups is 1. The smallest absolute Gasteiger partial charge is 0.240 e. The lowest BCUT2D eigenvalue weighted by Gasteiger charge is -2.10. The van der Waals surface area contributed by atoms with E-state index in [1.54, 1.807) is 0 Å². The van der Waals surface area contributed by atoms with E-state index in [0.29, 0.717) is 5.13 Å². The van der Waals surface area contributed by atoms with Crippen LogP contribution in [-0.2, 0) is 16.0 Å². The maximum absolute atomic E-state index is 12.0. The summed E-state index contributed by atoms with van der Waals surface area (Å²) < 4.78 is 5.52. The third kappa shape index (κ3) is 5.78. The second-order valence-corrected chi connectivity index (χ2v) is 6.76. The molecular weight excluding hydrogens is 358 g/mol. The zero-order chi connectivity index (χ0) is 16.8. The van der Waals surface area contributed by atoms with Gasteiger partial charge in [0, 0.05) is 24.1 Å². The summed E-state index contributed by atoms with van der Waals surface area (Å²) in [6.45, 7) is 3.97. The summed E-state index contributed by atoms with van der Waals surface area (Å²) in [6.07, 6.45) is 3.45. The molecular formula is C18H24ClN3O2S. The number of hydrogen-bond donors (Lipinski definition) is 2. The van der Waals surface area contributed by atoms with Crippen LogP contribution >= 0.6 is 23.7 Å². The van der Waals surface area contributed by atoms with E-state index in [-0.39, 0.29) is 31.0 Å². The van der Waals surface area contributed by atoms with Gasteiger partial charge in [-0.2, -0.15) is 0 Å². The lowest BCUT2D eigenvalue weighted by atomic mass is 10.1. The fraction of sp³-hybridized carbons (Fsp3) is 0.444. The molecule has 1 atom stereocenters. The summed E-state index contributed by atoms with van der Waals surface area (Å²) in [5.74, 6) is -0.0739. The molecule has 2 N–H and O–H groups in total. The fourth-order valence-corrected chi connectivity index (χ4v) is 3.43. The Morgan fingerprint density at radius 2 is 2.16 bits per heavy atom. The first-order chi connectivity index (χ1) is 11.7. The van der Waals surface area contributed by atoms with Crippen molar-refractivity contribution >= 4 is 34.8 Å². The monoisotopic (exact) mass is 381 g/mol. The van der Waals surface area contributed by atoms with E-state index in [4.69, 9.17) is 4.74 Å². The van der Waals surface area contributed by atoms with Crippen molar-refractivity contribution < 1.29 is 9.53 Å². The molecule has 0 saturated carbocycles. The Balaban J connectivity index is 0.00000225. The zero-order valence-electron chi connectivity index (χ0n) is 14.3. The molecule has 1 aliphatic rings. The maximum atomic E-state index is 12.0. The number of ether oxygens (including phenoxy) is 1. The molecule has 2 aromatic rings. The Kier molecular flexibility index (Phi) is 7.84. The van der Waals surface area contributed by atoms with Crippen LogP contribution in [0.15, 0.2) is 29.6 Å². The minimum absolute atomic E-state index is 0. The van der Waals surface area contributed by atoms with Crippen LogP contribution in [0.2, 0.25) is 0 Å². The highest BCUT2D eigenvalue weighted by molar-refractivity contribution is 7.14. The molecule has 2 heterocycles. The van der Waals surface area contributed by atoms with E-state index >= 15 is 0 Å². The van der Waals surface area contributed by atoms with Gasteiger partial charge in [-0.1, -0.05) is 31.2 Å². The molecule has 1 amide bonds. The van der Waals surface area contributed by atoms with Gasteiger partial charge in [-0.05, 0) is 24.8 Å². The third-order valence-electron chi connectivity index (χ3n) is 4.09. The minimum Gasteiger partial charge on any atom is -0.377 e. The predicted molar refractivity (Wildman–Crippen MR) is 105 cm³/mol. The van der Waals surface area contributed by atoms with Gasteiger partial charge in [-0.15, -0.1) is 23.7 Å². The number of benzene rings is 1. The Hall–Kier alpha value is -1.47. The SMILES string of the molecule is CCc1ccc(-c2csc(NC(=O)CNCC3CCCO3)n2)cc1.Cl. The lowest BCUT2D eigenvalue weighted by Crippen LogP contribution is -2.33. The number of thiazole rings is 1. The largest absolute Gasteiger partial charge is 0.377 e. The van der Waals surface area contributed by atoms with E-state index < -0.39 is 0 Å². The first-order valence-corrected chi connectivity index (χ1v) is 9.29. The zero-order valence-corrected chi connectivity index (χ0v) is 15.9. The first-order valence-electron chi connectivity index (χ1n) is 8.41. The number of rotatable bonds is 7. The maximum Gasteiger partial charge on any atom is 0.240 e. The molecule has 0 radical (unpaired) electrons. The topological polar surface area (TPSA) is 63.2 Å². The van der Waals surface area contributed by atoms with Crippen molar-refractivity contribution in [2.45, 2.75) is 32.3 Å². The van der Waals surface area contributed by atoms with E-state index in [0.717, 1.165) is 43.7 Å². The van der Waals surface area contributed by atoms with Crippen LogP contribution in [0.3, 0.4) is 0 Å². The van der Waals surface area contributed by atoms with Crippen LogP contribution < -0.4 is 10.6 Å². The molecule has 1 saturated heterocycles. The molecule has 0 spiro atoms. The number of aryl methyl sites for hydroxylation is 1. The van der Waals surface area contributed by atoms with E-state index in [2.05, 4.69) is 46.8 Å². The second kappa shape index (κ2) is 9.87. The molecule has 25 heavy (non-hydrogen) atoms. The van der Waals surface area contributed by atoms with E-state index in [9.17, 15) is 4.79 Å². The minimum atomic E-state index is -0.0739. The molecule has 1 aromatic heterocycles. The van der Waals surface area contributed by atoms with E-state index in [1.165, 1.54) is 16.9 Å². The van der Waals surface area contributed by atoms with Crippen molar-refractivity contribution in [1.29, 1.82) is 0 Å². The van der Waals surface area contributed by atoms with Crippen LogP contribution in [0.4, 0.5) is 5.13 Å². The van der Waals surface area contributed by atoms with Crippen LogP contribution in [0.5, 0.6) is 0 Å². The van der Waals surface area contributed by atoms with Crippen molar-refractivity contribution in [2.24, 2.45) is 0 Å². The average molecular weight is 382 g/mol. The molecule has 1 aromatic carbocycles. The molecule has 1 fully saturated rings. The Morgan fingerprint density at radius 3 is 2.84 bits per heavy atom. The lowest BCUT2D eigenvalue weighted by molar-refractivity contribution is -0.115. The van der Waals surface area contributed by atoms with Gasteiger partial charge in [-0.25, -0.2) is 4.98 Å². The van der Waals surface area contributed by atoms with Crippen LogP contribution in [0.25, 0.3) is 11.3 Å². The number of nitrogens with one attached hydrogen (secondary N) is 2. The van der Waals surface area contributed by atoms with Gasteiger partial charge in [0.1, 0.15) is 0 Å². The Morgan fingerprint density at radius 1 is 1.36 bits per heavy atom. The number of aromatic nitrogens is 1. The van der Waals surface area contributed by atoms with Gasteiger partial charge in [-0.3, -0.25) is 4.79 Å². The van der Waals surface area contributed by atoms with Crippen LogP contribution in [0.1, 0.15) is 25.3 Å². The van der Waals surface area contributed by atoms with Gasteiger partial charge in [0.2, 0.25) is 5.91 Å². The van der Waals surface area contributed by atoms with Crippen molar-refractivity contribution in [1.82, 2.24) is 10.3 Å². The average Bonchev–Trinajstić information content (AvgIpc) is 3.27. The van der Waals surface area contributed by atoms with Gasteiger partial charge >= 0.3 is 0 Å². The number of amides is 1. The van der Waals surface area contributed by atoms with Gasteiger partial charge in [0.15, 0.2) is 5.13 Å². The van der Waals surface area contributed by atoms with Crippen molar-refractivity contribution in [2.75, 3.05) is 25.0 Å². The van der Waals surface area contributed by atoms with Gasteiger partial charge in [0.25, 0.3) is 0 Å². The standard InChI is InChI=1S/C18H23N3O2S.ClH/c1-2-13-5-7-14(8-6-13)16-12-24-18(20-16)21-17(22)11-19-10-15-4-3-9-23-15;/h5-8,12,15,19H,2-4,9-11H2,1H3,(H,20,21,22);1H. The molecule has 5 nitrogen and oxygen atoms in total. The molecule has 1 aliphatic heterocycles. The number of hydrogen-bond acceptors (Lipinski definition) is 5. The van der Waals surface area contributed by atoms with Gasteiger partial charge < -0.3 is 15.4 Å². The highest BCUT2D eigenvalue weighted by Crippen LogP contribution is 2.25. The molecule has 0 bridgehead atoms. The quantitative estimate of drug-likeness (QED) is 0.770. The molecule has 0 aliphatic carbocycles. The summed E-state index contributed by atoms with van der Waals surface area (Å²) in [5.41, 5.74) is 3.27. The highest BCUT2D eigenvalue weighted by Gasteiger charge is 2.15. The van der Waals surface area contributed by atoms with Crippen LogP contribution in [-0.4, -0.2) is 36.7 Å².